The Morgan fingerprint density at radius 2 is 1.34 bits per heavy atom. The van der Waals surface area contributed by atoms with E-state index in [-0.39, 0.29) is 17.7 Å². The van der Waals surface area contributed by atoms with E-state index in [2.05, 4.69) is 61.9 Å². The van der Waals surface area contributed by atoms with Gasteiger partial charge in [0.2, 0.25) is 0 Å². The first-order valence-corrected chi connectivity index (χ1v) is 15.8. The molecule has 0 aliphatic carbocycles. The number of nitrogens with one attached hydrogen (secondary N) is 2. The van der Waals surface area contributed by atoms with E-state index in [4.69, 9.17) is 22.3 Å². The molecule has 2 aliphatic rings. The lowest BCUT2D eigenvalue weighted by molar-refractivity contribution is 0.0679. The number of aryl methyl sites for hydroxylation is 1. The molecule has 9 heteroatoms. The van der Waals surface area contributed by atoms with Crippen LogP contribution in [-0.2, 0) is 6.54 Å². The average Bonchev–Trinajstić information content (AvgIpc) is 3.05. The highest BCUT2D eigenvalue weighted by atomic mass is 16.2. The van der Waals surface area contributed by atoms with Crippen molar-refractivity contribution >= 4 is 23.8 Å². The number of hydrogen-bond acceptors (Lipinski definition) is 5. The second kappa shape index (κ2) is 20.7. The van der Waals surface area contributed by atoms with Gasteiger partial charge in [0.1, 0.15) is 5.84 Å². The van der Waals surface area contributed by atoms with Gasteiger partial charge < -0.3 is 26.2 Å². The number of carbonyl (C=O) groups is 1. The summed E-state index contributed by atoms with van der Waals surface area (Å²) in [6.45, 7) is 25.6. The molecule has 0 aromatic heterocycles. The normalized spacial score (nSPS) is 14.4. The lowest BCUT2D eigenvalue weighted by Gasteiger charge is -2.34. The summed E-state index contributed by atoms with van der Waals surface area (Å²) in [4.78, 5) is 20.5. The van der Waals surface area contributed by atoms with Crippen LogP contribution in [0.2, 0.25) is 0 Å². The van der Waals surface area contributed by atoms with E-state index in [1.807, 2.05) is 35.9 Å². The van der Waals surface area contributed by atoms with Gasteiger partial charge in [0.25, 0.3) is 5.91 Å². The summed E-state index contributed by atoms with van der Waals surface area (Å²) in [6, 6.07) is 13.4. The zero-order valence-electron chi connectivity index (χ0n) is 27.7. The van der Waals surface area contributed by atoms with E-state index in [1.165, 1.54) is 29.5 Å². The maximum atomic E-state index is 12.3. The monoisotopic (exact) mass is 604 g/mol. The van der Waals surface area contributed by atoms with Crippen molar-refractivity contribution in [2.24, 2.45) is 11.5 Å². The second-order valence-electron chi connectivity index (χ2n) is 10.6. The van der Waals surface area contributed by atoms with E-state index in [0.29, 0.717) is 24.2 Å². The van der Waals surface area contributed by atoms with Crippen molar-refractivity contribution in [3.63, 3.8) is 0 Å². The van der Waals surface area contributed by atoms with Crippen molar-refractivity contribution in [1.82, 2.24) is 19.6 Å². The lowest BCUT2D eigenvalue weighted by atomic mass is 10.1. The third-order valence-electron chi connectivity index (χ3n) is 7.32. The summed E-state index contributed by atoms with van der Waals surface area (Å²) < 4.78 is 0. The number of amides is 1. The molecule has 0 unspecified atom stereocenters. The van der Waals surface area contributed by atoms with Crippen molar-refractivity contribution in [3.8, 4) is 0 Å². The van der Waals surface area contributed by atoms with Gasteiger partial charge in [0.15, 0.2) is 5.96 Å². The van der Waals surface area contributed by atoms with Gasteiger partial charge in [-0.15, -0.1) is 0 Å². The van der Waals surface area contributed by atoms with Gasteiger partial charge in [-0.2, -0.15) is 0 Å². The molecule has 242 valence electrons. The number of hydrogen-bond donors (Lipinski definition) is 4. The predicted molar refractivity (Wildman–Crippen MR) is 187 cm³/mol. The van der Waals surface area contributed by atoms with Crippen LogP contribution in [0, 0.1) is 17.7 Å². The van der Waals surface area contributed by atoms with Gasteiger partial charge in [-0.05, 0) is 36.4 Å². The number of piperazine rings is 2. The Morgan fingerprint density at radius 3 is 1.80 bits per heavy atom. The number of benzene rings is 2. The molecule has 2 fully saturated rings. The zero-order valence-corrected chi connectivity index (χ0v) is 27.7. The van der Waals surface area contributed by atoms with Gasteiger partial charge in [-0.1, -0.05) is 95.7 Å². The van der Waals surface area contributed by atoms with Crippen LogP contribution in [0.3, 0.4) is 0 Å². The molecule has 6 N–H and O–H groups in total. The van der Waals surface area contributed by atoms with Crippen LogP contribution in [0.25, 0.3) is 6.08 Å². The Hall–Kier alpha value is -4.11. The van der Waals surface area contributed by atoms with Crippen molar-refractivity contribution < 1.29 is 4.79 Å². The fourth-order valence-corrected chi connectivity index (χ4v) is 4.59. The molecule has 1 amide bonds. The Bertz CT molecular complexity index is 1180. The molecule has 0 saturated carbocycles. The maximum Gasteiger partial charge on any atom is 0.253 e. The fraction of sp³-hybridized carbons (Fsp3) is 0.457. The number of nitrogen functional groups attached to an aromatic ring is 1. The molecule has 9 nitrogen and oxygen atoms in total. The number of rotatable bonds is 7. The number of nitrogens with zero attached hydrogens (tertiary/aromatic N) is 4. The van der Waals surface area contributed by atoms with Crippen LogP contribution in [0.15, 0.2) is 61.8 Å². The summed E-state index contributed by atoms with van der Waals surface area (Å²) in [7, 11) is 0. The standard InChI is InChI=1S/C15H22N4.C14H18N4O.C4H10.C2H6/c1-3-13-8-12(2)9-14(10-13)11-18-4-6-19(7-5-18)15(16)17;1-2-17-7-9-18(10-8-17)14(19)12-5-3-11(4-6-12)13(15)16;1-3-4-2;1-2/h3,8-10H,1,4-7,11H2,2H3,(H3,16,17);2-6H,1,7-10H2,(H3,15,16);3-4H2,1-2H3;1-2H3. The number of nitrogens with two attached hydrogens (primary N) is 2. The molecule has 2 aromatic carbocycles. The molecule has 4 rings (SSSR count). The molecule has 44 heavy (non-hydrogen) atoms. The first-order chi connectivity index (χ1) is 21.1. The smallest absolute Gasteiger partial charge is 0.253 e. The van der Waals surface area contributed by atoms with Crippen molar-refractivity contribution in [2.75, 3.05) is 52.4 Å². The fourth-order valence-electron chi connectivity index (χ4n) is 4.59. The highest BCUT2D eigenvalue weighted by Crippen LogP contribution is 2.14. The Balaban J connectivity index is 0.000000374. The molecule has 2 heterocycles. The number of guanidine groups is 1. The summed E-state index contributed by atoms with van der Waals surface area (Å²) in [5.41, 5.74) is 15.9. The molecule has 2 aromatic rings. The maximum absolute atomic E-state index is 12.3. The second-order valence-corrected chi connectivity index (χ2v) is 10.6. The van der Waals surface area contributed by atoms with E-state index in [9.17, 15) is 4.79 Å². The molecular formula is C35H56N8O. The molecule has 2 saturated heterocycles. The Labute approximate surface area is 266 Å². The van der Waals surface area contributed by atoms with E-state index in [1.54, 1.807) is 24.3 Å². The molecular weight excluding hydrogens is 548 g/mol. The Kier molecular flexibility index (Phi) is 17.9. The van der Waals surface area contributed by atoms with Crippen molar-refractivity contribution in [1.29, 1.82) is 10.8 Å². The van der Waals surface area contributed by atoms with Crippen LogP contribution in [0.5, 0.6) is 0 Å². The summed E-state index contributed by atoms with van der Waals surface area (Å²) >= 11 is 0. The third kappa shape index (κ3) is 13.0. The predicted octanol–water partition coefficient (Wildman–Crippen LogP) is 5.35. The van der Waals surface area contributed by atoms with Gasteiger partial charge in [-0.3, -0.25) is 20.5 Å². The average molecular weight is 605 g/mol. The Morgan fingerprint density at radius 1 is 0.818 bits per heavy atom. The van der Waals surface area contributed by atoms with Crippen LogP contribution in [0.1, 0.15) is 73.1 Å². The largest absolute Gasteiger partial charge is 0.384 e. The zero-order chi connectivity index (χ0) is 33.1. The molecule has 0 spiro atoms. The van der Waals surface area contributed by atoms with E-state index < -0.39 is 0 Å². The summed E-state index contributed by atoms with van der Waals surface area (Å²) in [6.07, 6.45) is 6.34. The van der Waals surface area contributed by atoms with E-state index in [0.717, 1.165) is 45.8 Å². The first kappa shape index (κ1) is 37.9. The molecule has 0 bridgehead atoms. The number of amidine groups is 1. The SMILES string of the molecule is C=CN1CCN(C(=O)c2ccc(C(=N)N)cc2)CC1.C=Cc1cc(C)cc(CN2CCN(C(=N)N)CC2)c1.CC.CCCC. The van der Waals surface area contributed by atoms with Gasteiger partial charge in [-0.25, -0.2) is 0 Å². The highest BCUT2D eigenvalue weighted by molar-refractivity contribution is 5.98. The van der Waals surface area contributed by atoms with Crippen LogP contribution in [0.4, 0.5) is 0 Å². The highest BCUT2D eigenvalue weighted by Gasteiger charge is 2.20. The molecule has 2 aliphatic heterocycles. The number of unbranched alkanes of at least 4 members (excludes halogenated alkanes) is 1. The quantitative estimate of drug-likeness (QED) is 0.249. The molecule has 0 radical (unpaired) electrons. The van der Waals surface area contributed by atoms with Crippen LogP contribution in [-0.4, -0.2) is 89.7 Å². The van der Waals surface area contributed by atoms with E-state index >= 15 is 0 Å². The minimum Gasteiger partial charge on any atom is -0.384 e. The van der Waals surface area contributed by atoms with Gasteiger partial charge in [0, 0.05) is 70.0 Å². The van der Waals surface area contributed by atoms with Crippen LogP contribution >= 0.6 is 0 Å². The minimum atomic E-state index is 0.0126. The van der Waals surface area contributed by atoms with Crippen LogP contribution < -0.4 is 11.5 Å². The van der Waals surface area contributed by atoms with Crippen molar-refractivity contribution in [3.05, 3.63) is 89.6 Å². The lowest BCUT2D eigenvalue weighted by Crippen LogP contribution is -2.50. The van der Waals surface area contributed by atoms with Crippen molar-refractivity contribution in [2.45, 2.75) is 54.0 Å². The molecule has 0 atom stereocenters. The summed E-state index contributed by atoms with van der Waals surface area (Å²) in [5.74, 6) is 0.224. The first-order valence-electron chi connectivity index (χ1n) is 15.8. The summed E-state index contributed by atoms with van der Waals surface area (Å²) in [5, 5.41) is 14.8. The third-order valence-corrected chi connectivity index (χ3v) is 7.32. The number of carbonyl (C=O) groups excluding carboxylic acids is 1. The minimum absolute atomic E-state index is 0.0126. The van der Waals surface area contributed by atoms with Gasteiger partial charge >= 0.3 is 0 Å². The van der Waals surface area contributed by atoms with Gasteiger partial charge in [0.05, 0.1) is 0 Å². The topological polar surface area (TPSA) is 130 Å².